The van der Waals surface area contributed by atoms with Crippen molar-refractivity contribution in [1.29, 1.82) is 0 Å². The quantitative estimate of drug-likeness (QED) is 0.409. The van der Waals surface area contributed by atoms with Crippen LogP contribution in [0.5, 0.6) is 11.5 Å². The van der Waals surface area contributed by atoms with E-state index in [-0.39, 0.29) is 5.91 Å². The molecule has 1 amide bonds. The first-order valence-electron chi connectivity index (χ1n) is 8.85. The molecule has 5 heteroatoms. The molecule has 3 rings (SSSR count). The predicted molar refractivity (Wildman–Crippen MR) is 113 cm³/mol. The fourth-order valence-corrected chi connectivity index (χ4v) is 2.63. The topological polar surface area (TPSA) is 47.6 Å². The summed E-state index contributed by atoms with van der Waals surface area (Å²) in [5.41, 5.74) is 1.47. The molecule has 0 unspecified atom stereocenters. The van der Waals surface area contributed by atoms with Crippen molar-refractivity contribution in [3.8, 4) is 11.5 Å². The first-order chi connectivity index (χ1) is 13.7. The molecule has 0 fully saturated rings. The second kappa shape index (κ2) is 10.2. The Bertz CT molecular complexity index is 924. The summed E-state index contributed by atoms with van der Waals surface area (Å²) in [5.74, 6) is 1.29. The smallest absolute Gasteiger partial charge is 0.248 e. The highest BCUT2D eigenvalue weighted by molar-refractivity contribution is 6.32. The van der Waals surface area contributed by atoms with Gasteiger partial charge >= 0.3 is 0 Å². The second-order valence-electron chi connectivity index (χ2n) is 5.88. The van der Waals surface area contributed by atoms with E-state index in [2.05, 4.69) is 5.32 Å². The van der Waals surface area contributed by atoms with Gasteiger partial charge in [-0.3, -0.25) is 4.79 Å². The van der Waals surface area contributed by atoms with Gasteiger partial charge in [-0.15, -0.1) is 0 Å². The van der Waals surface area contributed by atoms with Crippen LogP contribution in [0.3, 0.4) is 0 Å². The van der Waals surface area contributed by atoms with Crippen molar-refractivity contribution < 1.29 is 14.3 Å². The van der Waals surface area contributed by atoms with Crippen LogP contribution in [0.2, 0.25) is 5.02 Å². The number of amides is 1. The number of anilines is 1. The molecule has 0 saturated heterocycles. The fraction of sp³-hybridized carbons (Fsp3) is 0.0870. The Balaban J connectivity index is 1.43. The summed E-state index contributed by atoms with van der Waals surface area (Å²) in [4.78, 5) is 12.0. The molecule has 0 aromatic heterocycles. The van der Waals surface area contributed by atoms with Crippen LogP contribution in [-0.2, 0) is 4.79 Å². The van der Waals surface area contributed by atoms with Gasteiger partial charge in [-0.1, -0.05) is 48.0 Å². The molecule has 4 nitrogen and oxygen atoms in total. The van der Waals surface area contributed by atoms with Crippen LogP contribution in [0.1, 0.15) is 5.56 Å². The van der Waals surface area contributed by atoms with Crippen LogP contribution >= 0.6 is 11.6 Å². The molecule has 28 heavy (non-hydrogen) atoms. The lowest BCUT2D eigenvalue weighted by molar-refractivity contribution is -0.111. The van der Waals surface area contributed by atoms with Gasteiger partial charge in [-0.05, 0) is 54.1 Å². The number of rotatable bonds is 8. The number of carbonyl (C=O) groups excluding carboxylic acids is 1. The average Bonchev–Trinajstić information content (AvgIpc) is 2.72. The largest absolute Gasteiger partial charge is 0.490 e. The Morgan fingerprint density at radius 1 is 0.821 bits per heavy atom. The zero-order valence-corrected chi connectivity index (χ0v) is 15.9. The Morgan fingerprint density at radius 3 is 2.11 bits per heavy atom. The average molecular weight is 394 g/mol. The lowest BCUT2D eigenvalue weighted by atomic mass is 10.2. The molecule has 0 radical (unpaired) electrons. The van der Waals surface area contributed by atoms with Gasteiger partial charge in [0.05, 0.1) is 0 Å². The number of carbonyl (C=O) groups is 1. The van der Waals surface area contributed by atoms with E-state index in [0.29, 0.717) is 29.7 Å². The fourth-order valence-electron chi connectivity index (χ4n) is 2.43. The third-order valence-electron chi connectivity index (χ3n) is 3.81. The third kappa shape index (κ3) is 6.18. The van der Waals surface area contributed by atoms with Crippen LogP contribution in [0.15, 0.2) is 84.9 Å². The molecular formula is C23H20ClNO3. The number of para-hydroxylation sites is 1. The van der Waals surface area contributed by atoms with E-state index in [9.17, 15) is 4.79 Å². The van der Waals surface area contributed by atoms with Crippen molar-refractivity contribution >= 4 is 29.3 Å². The summed E-state index contributed by atoms with van der Waals surface area (Å²) in [6.45, 7) is 0.885. The van der Waals surface area contributed by atoms with Gasteiger partial charge in [0, 0.05) is 16.8 Å². The van der Waals surface area contributed by atoms with Crippen molar-refractivity contribution in [2.24, 2.45) is 0 Å². The minimum atomic E-state index is -0.232. The first kappa shape index (κ1) is 19.5. The van der Waals surface area contributed by atoms with E-state index in [0.717, 1.165) is 11.3 Å². The molecule has 0 saturated carbocycles. The van der Waals surface area contributed by atoms with Crippen molar-refractivity contribution in [2.45, 2.75) is 0 Å². The predicted octanol–water partition coefficient (Wildman–Crippen LogP) is 5.45. The van der Waals surface area contributed by atoms with Gasteiger partial charge in [-0.25, -0.2) is 0 Å². The standard InChI is InChI=1S/C23H20ClNO3/c24-22-9-5-4-6-18(22)10-15-23(26)25-19-11-13-21(14-12-19)28-17-16-27-20-7-2-1-3-8-20/h1-15H,16-17H2,(H,25,26). The molecule has 0 spiro atoms. The van der Waals surface area contributed by atoms with E-state index in [4.69, 9.17) is 21.1 Å². The van der Waals surface area contributed by atoms with Crippen LogP contribution in [-0.4, -0.2) is 19.1 Å². The first-order valence-corrected chi connectivity index (χ1v) is 9.23. The Kier molecular flexibility index (Phi) is 7.10. The summed E-state index contributed by atoms with van der Waals surface area (Å²) in [6, 6.07) is 24.1. The zero-order valence-electron chi connectivity index (χ0n) is 15.2. The van der Waals surface area contributed by atoms with E-state index in [1.807, 2.05) is 48.5 Å². The molecule has 1 N–H and O–H groups in total. The lowest BCUT2D eigenvalue weighted by Gasteiger charge is -2.09. The van der Waals surface area contributed by atoms with Crippen molar-refractivity contribution in [3.05, 3.63) is 95.5 Å². The number of benzene rings is 3. The normalized spacial score (nSPS) is 10.6. The highest BCUT2D eigenvalue weighted by Crippen LogP contribution is 2.18. The molecule has 0 atom stereocenters. The second-order valence-corrected chi connectivity index (χ2v) is 6.29. The number of halogens is 1. The van der Waals surface area contributed by atoms with Gasteiger partial charge in [0.1, 0.15) is 24.7 Å². The van der Waals surface area contributed by atoms with E-state index in [1.165, 1.54) is 6.08 Å². The van der Waals surface area contributed by atoms with Gasteiger partial charge in [-0.2, -0.15) is 0 Å². The van der Waals surface area contributed by atoms with Crippen molar-refractivity contribution in [1.82, 2.24) is 0 Å². The highest BCUT2D eigenvalue weighted by Gasteiger charge is 2.01. The minimum absolute atomic E-state index is 0.232. The van der Waals surface area contributed by atoms with Crippen LogP contribution < -0.4 is 14.8 Å². The van der Waals surface area contributed by atoms with E-state index < -0.39 is 0 Å². The van der Waals surface area contributed by atoms with Crippen molar-refractivity contribution in [2.75, 3.05) is 18.5 Å². The molecule has 0 bridgehead atoms. The Labute approximate surface area is 169 Å². The maximum atomic E-state index is 12.0. The molecule has 0 aliphatic heterocycles. The van der Waals surface area contributed by atoms with Crippen molar-refractivity contribution in [3.63, 3.8) is 0 Å². The Morgan fingerprint density at radius 2 is 1.43 bits per heavy atom. The SMILES string of the molecule is O=C(C=Cc1ccccc1Cl)Nc1ccc(OCCOc2ccccc2)cc1. The van der Waals surface area contributed by atoms with Crippen LogP contribution in [0, 0.1) is 0 Å². The lowest BCUT2D eigenvalue weighted by Crippen LogP contribution is -2.09. The summed E-state index contributed by atoms with van der Waals surface area (Å²) in [6.07, 6.45) is 3.13. The van der Waals surface area contributed by atoms with E-state index >= 15 is 0 Å². The minimum Gasteiger partial charge on any atom is -0.490 e. The Hall–Kier alpha value is -3.24. The summed E-state index contributed by atoms with van der Waals surface area (Å²) in [5, 5.41) is 3.40. The van der Waals surface area contributed by atoms with Crippen LogP contribution in [0.25, 0.3) is 6.08 Å². The number of ether oxygens (including phenoxy) is 2. The highest BCUT2D eigenvalue weighted by atomic mass is 35.5. The molecular weight excluding hydrogens is 374 g/mol. The maximum absolute atomic E-state index is 12.0. The number of nitrogens with one attached hydrogen (secondary N) is 1. The number of hydrogen-bond acceptors (Lipinski definition) is 3. The van der Waals surface area contributed by atoms with Gasteiger partial charge in [0.15, 0.2) is 0 Å². The van der Waals surface area contributed by atoms with Crippen LogP contribution in [0.4, 0.5) is 5.69 Å². The summed E-state index contributed by atoms with van der Waals surface area (Å²) >= 11 is 6.07. The molecule has 0 aliphatic carbocycles. The molecule has 3 aromatic carbocycles. The summed E-state index contributed by atoms with van der Waals surface area (Å²) in [7, 11) is 0. The maximum Gasteiger partial charge on any atom is 0.248 e. The van der Waals surface area contributed by atoms with Gasteiger partial charge in [0.2, 0.25) is 5.91 Å². The van der Waals surface area contributed by atoms with E-state index in [1.54, 1.807) is 36.4 Å². The third-order valence-corrected chi connectivity index (χ3v) is 4.15. The van der Waals surface area contributed by atoms with Gasteiger partial charge in [0.25, 0.3) is 0 Å². The molecule has 0 heterocycles. The zero-order chi connectivity index (χ0) is 19.6. The molecule has 142 valence electrons. The number of hydrogen-bond donors (Lipinski definition) is 1. The van der Waals surface area contributed by atoms with Gasteiger partial charge < -0.3 is 14.8 Å². The molecule has 0 aliphatic rings. The summed E-state index contributed by atoms with van der Waals surface area (Å²) < 4.78 is 11.2. The molecule has 3 aromatic rings. The monoisotopic (exact) mass is 393 g/mol.